The summed E-state index contributed by atoms with van der Waals surface area (Å²) in [5.41, 5.74) is 6.57. The van der Waals surface area contributed by atoms with Gasteiger partial charge in [0.1, 0.15) is 5.84 Å². The van der Waals surface area contributed by atoms with E-state index < -0.39 is 11.7 Å². The number of hydrogen-bond donors (Lipinski definition) is 1. The van der Waals surface area contributed by atoms with E-state index in [9.17, 15) is 13.2 Å². The molecule has 2 aromatic rings. The van der Waals surface area contributed by atoms with Crippen LogP contribution in [-0.2, 0) is 6.18 Å². The van der Waals surface area contributed by atoms with Gasteiger partial charge in [0.15, 0.2) is 11.5 Å². The summed E-state index contributed by atoms with van der Waals surface area (Å²) >= 11 is 0. The number of hydrogen-bond acceptors (Lipinski definition) is 5. The molecular weight excluding hydrogens is 347 g/mol. The van der Waals surface area contributed by atoms with Gasteiger partial charge < -0.3 is 15.2 Å². The van der Waals surface area contributed by atoms with Gasteiger partial charge in [-0.25, -0.2) is 0 Å². The van der Waals surface area contributed by atoms with Crippen LogP contribution < -0.4 is 20.2 Å². The van der Waals surface area contributed by atoms with Gasteiger partial charge in [-0.05, 0) is 42.0 Å². The van der Waals surface area contributed by atoms with Gasteiger partial charge in [0.25, 0.3) is 0 Å². The fourth-order valence-electron chi connectivity index (χ4n) is 2.89. The molecule has 1 heterocycles. The van der Waals surface area contributed by atoms with Crippen molar-refractivity contribution in [3.63, 3.8) is 0 Å². The highest BCUT2D eigenvalue weighted by atomic mass is 19.4. The van der Waals surface area contributed by atoms with E-state index in [1.165, 1.54) is 19.2 Å². The molecule has 0 fully saturated rings. The minimum atomic E-state index is -4.38. The van der Waals surface area contributed by atoms with E-state index in [-0.39, 0.29) is 6.04 Å². The van der Waals surface area contributed by atoms with E-state index in [1.807, 2.05) is 12.1 Å². The standard InChI is InChI=1S/C18H18F3N3O2/c1-25-15-8-3-11(9-16(15)26-2)14-10-17(22)23-24(14)13-6-4-12(5-7-13)18(19,20)21/h3-9,14H,10H2,1-2H3,(H2,22,23)/t14-/m1/s1. The fourth-order valence-corrected chi connectivity index (χ4v) is 2.89. The molecule has 2 N–H and O–H groups in total. The first-order chi connectivity index (χ1) is 12.3. The summed E-state index contributed by atoms with van der Waals surface area (Å²) in [5.74, 6) is 1.55. The van der Waals surface area contributed by atoms with Gasteiger partial charge in [-0.15, -0.1) is 0 Å². The highest BCUT2D eigenvalue weighted by Crippen LogP contribution is 2.39. The number of alkyl halides is 3. The number of halogens is 3. The molecule has 0 saturated heterocycles. The van der Waals surface area contributed by atoms with Gasteiger partial charge in [-0.1, -0.05) is 6.07 Å². The number of methoxy groups -OCH3 is 2. The summed E-state index contributed by atoms with van der Waals surface area (Å²) in [6.07, 6.45) is -3.93. The Labute approximate surface area is 148 Å². The minimum absolute atomic E-state index is 0.244. The number of benzene rings is 2. The summed E-state index contributed by atoms with van der Waals surface area (Å²) in [6, 6.07) is 10.0. The molecule has 0 radical (unpaired) electrons. The summed E-state index contributed by atoms with van der Waals surface area (Å²) < 4.78 is 48.9. The quantitative estimate of drug-likeness (QED) is 0.891. The van der Waals surface area contributed by atoms with Crippen LogP contribution in [0.25, 0.3) is 0 Å². The van der Waals surface area contributed by atoms with Crippen molar-refractivity contribution in [2.24, 2.45) is 10.8 Å². The Morgan fingerprint density at radius 3 is 2.27 bits per heavy atom. The summed E-state index contributed by atoms with van der Waals surface area (Å²) in [6.45, 7) is 0. The van der Waals surface area contributed by atoms with Crippen LogP contribution in [0.5, 0.6) is 11.5 Å². The topological polar surface area (TPSA) is 60.1 Å². The van der Waals surface area contributed by atoms with Crippen molar-refractivity contribution in [1.29, 1.82) is 0 Å². The van der Waals surface area contributed by atoms with Crippen LogP contribution >= 0.6 is 0 Å². The first-order valence-electron chi connectivity index (χ1n) is 7.85. The van der Waals surface area contributed by atoms with Crippen LogP contribution in [0.15, 0.2) is 47.6 Å². The second-order valence-electron chi connectivity index (χ2n) is 5.81. The van der Waals surface area contributed by atoms with Crippen LogP contribution in [-0.4, -0.2) is 20.1 Å². The van der Waals surface area contributed by atoms with E-state index in [4.69, 9.17) is 15.2 Å². The molecule has 1 atom stereocenters. The lowest BCUT2D eigenvalue weighted by Gasteiger charge is -2.24. The van der Waals surface area contributed by atoms with E-state index in [1.54, 1.807) is 18.2 Å². The number of nitrogens with zero attached hydrogens (tertiary/aromatic N) is 2. The molecule has 0 aliphatic carbocycles. The molecule has 138 valence electrons. The summed E-state index contributed by atoms with van der Waals surface area (Å²) in [4.78, 5) is 0. The van der Waals surface area contributed by atoms with E-state index in [0.717, 1.165) is 17.7 Å². The maximum Gasteiger partial charge on any atom is 0.416 e. The van der Waals surface area contributed by atoms with Gasteiger partial charge in [0, 0.05) is 6.42 Å². The van der Waals surface area contributed by atoms with Crippen molar-refractivity contribution >= 4 is 11.5 Å². The number of amidine groups is 1. The van der Waals surface area contributed by atoms with Gasteiger partial charge in [0.2, 0.25) is 0 Å². The Kier molecular flexibility index (Phi) is 4.67. The van der Waals surface area contributed by atoms with Crippen molar-refractivity contribution in [3.8, 4) is 11.5 Å². The normalized spacial score (nSPS) is 17.2. The molecule has 3 rings (SSSR count). The zero-order valence-corrected chi connectivity index (χ0v) is 14.2. The Morgan fingerprint density at radius 2 is 1.69 bits per heavy atom. The van der Waals surface area contributed by atoms with Gasteiger partial charge in [-0.3, -0.25) is 5.01 Å². The summed E-state index contributed by atoms with van der Waals surface area (Å²) in [7, 11) is 3.08. The smallest absolute Gasteiger partial charge is 0.416 e. The number of nitrogens with two attached hydrogens (primary N) is 1. The molecule has 1 aliphatic rings. The fraction of sp³-hybridized carbons (Fsp3) is 0.278. The van der Waals surface area contributed by atoms with Crippen molar-refractivity contribution in [1.82, 2.24) is 0 Å². The highest BCUT2D eigenvalue weighted by Gasteiger charge is 2.32. The monoisotopic (exact) mass is 365 g/mol. The third kappa shape index (κ3) is 3.40. The van der Waals surface area contributed by atoms with Crippen LogP contribution in [0, 0.1) is 0 Å². The molecule has 0 bridgehead atoms. The van der Waals surface area contributed by atoms with Crippen molar-refractivity contribution in [2.45, 2.75) is 18.6 Å². The Hall–Kier alpha value is -2.90. The maximum atomic E-state index is 12.8. The molecule has 1 aliphatic heterocycles. The first-order valence-corrected chi connectivity index (χ1v) is 7.85. The minimum Gasteiger partial charge on any atom is -0.493 e. The molecular formula is C18H18F3N3O2. The van der Waals surface area contributed by atoms with Crippen LogP contribution in [0.3, 0.4) is 0 Å². The molecule has 0 unspecified atom stereocenters. The second-order valence-corrected chi connectivity index (χ2v) is 5.81. The molecule has 0 saturated carbocycles. The highest BCUT2D eigenvalue weighted by molar-refractivity contribution is 5.85. The lowest BCUT2D eigenvalue weighted by Crippen LogP contribution is -2.19. The third-order valence-corrected chi connectivity index (χ3v) is 4.19. The van der Waals surface area contributed by atoms with E-state index in [0.29, 0.717) is 29.4 Å². The molecule has 0 aromatic heterocycles. The summed E-state index contributed by atoms with van der Waals surface area (Å²) in [5, 5.41) is 5.90. The number of anilines is 1. The zero-order chi connectivity index (χ0) is 18.9. The third-order valence-electron chi connectivity index (χ3n) is 4.19. The number of ether oxygens (including phenoxy) is 2. The maximum absolute atomic E-state index is 12.8. The van der Waals surface area contributed by atoms with Crippen molar-refractivity contribution < 1.29 is 22.6 Å². The van der Waals surface area contributed by atoms with Gasteiger partial charge >= 0.3 is 6.18 Å². The molecule has 5 nitrogen and oxygen atoms in total. The van der Waals surface area contributed by atoms with Crippen molar-refractivity contribution in [2.75, 3.05) is 19.2 Å². The lowest BCUT2D eigenvalue weighted by atomic mass is 10.0. The Morgan fingerprint density at radius 1 is 1.04 bits per heavy atom. The average molecular weight is 365 g/mol. The lowest BCUT2D eigenvalue weighted by molar-refractivity contribution is -0.137. The number of hydrazone groups is 1. The molecule has 0 amide bonds. The Balaban J connectivity index is 1.93. The van der Waals surface area contributed by atoms with Crippen LogP contribution in [0.1, 0.15) is 23.6 Å². The zero-order valence-electron chi connectivity index (χ0n) is 14.2. The Bertz CT molecular complexity index is 819. The van der Waals surface area contributed by atoms with Gasteiger partial charge in [-0.2, -0.15) is 18.3 Å². The largest absolute Gasteiger partial charge is 0.493 e. The number of rotatable bonds is 4. The predicted molar refractivity (Wildman–Crippen MR) is 92.4 cm³/mol. The van der Waals surface area contributed by atoms with Crippen LogP contribution in [0.4, 0.5) is 18.9 Å². The predicted octanol–water partition coefficient (Wildman–Crippen LogP) is 3.95. The SMILES string of the molecule is COc1ccc([C@H]2CC(N)=NN2c2ccc(C(F)(F)F)cc2)cc1OC. The molecule has 26 heavy (non-hydrogen) atoms. The van der Waals surface area contributed by atoms with E-state index >= 15 is 0 Å². The second kappa shape index (κ2) is 6.78. The molecule has 0 spiro atoms. The van der Waals surface area contributed by atoms with E-state index in [2.05, 4.69) is 5.10 Å². The molecule has 8 heteroatoms. The average Bonchev–Trinajstić information content (AvgIpc) is 3.02. The molecule has 2 aromatic carbocycles. The van der Waals surface area contributed by atoms with Crippen LogP contribution in [0.2, 0.25) is 0 Å². The first kappa shape index (κ1) is 17.9. The van der Waals surface area contributed by atoms with Gasteiger partial charge in [0.05, 0.1) is 31.5 Å². The van der Waals surface area contributed by atoms with Crippen molar-refractivity contribution in [3.05, 3.63) is 53.6 Å².